The molecule has 3 rings (SSSR count). The molecule has 4 nitrogen and oxygen atoms in total. The van der Waals surface area contributed by atoms with Gasteiger partial charge in [0.15, 0.2) is 0 Å². The highest BCUT2D eigenvalue weighted by Crippen LogP contribution is 2.28. The number of carbonyl (C=O) groups excluding carboxylic acids is 1. The van der Waals surface area contributed by atoms with Crippen molar-refractivity contribution in [1.29, 1.82) is 0 Å². The van der Waals surface area contributed by atoms with Gasteiger partial charge in [0.25, 0.3) is 5.91 Å². The Morgan fingerprint density at radius 3 is 2.57 bits per heavy atom. The van der Waals surface area contributed by atoms with Crippen LogP contribution in [-0.2, 0) is 4.79 Å². The van der Waals surface area contributed by atoms with Crippen LogP contribution < -0.4 is 5.01 Å². The van der Waals surface area contributed by atoms with Gasteiger partial charge in [-0.1, -0.05) is 24.6 Å². The summed E-state index contributed by atoms with van der Waals surface area (Å²) in [6.45, 7) is 4.03. The molecule has 21 heavy (non-hydrogen) atoms. The van der Waals surface area contributed by atoms with Crippen LogP contribution in [0.2, 0.25) is 0 Å². The zero-order chi connectivity index (χ0) is 14.8. The summed E-state index contributed by atoms with van der Waals surface area (Å²) in [5, 5.41) is 6.06. The van der Waals surface area contributed by atoms with Crippen LogP contribution in [0.4, 0.5) is 5.69 Å². The van der Waals surface area contributed by atoms with E-state index in [4.69, 9.17) is 0 Å². The van der Waals surface area contributed by atoms with E-state index >= 15 is 0 Å². The summed E-state index contributed by atoms with van der Waals surface area (Å²) in [5.41, 5.74) is 3.68. The van der Waals surface area contributed by atoms with Crippen LogP contribution in [0, 0.1) is 12.8 Å². The zero-order valence-electron chi connectivity index (χ0n) is 12.2. The van der Waals surface area contributed by atoms with E-state index in [1.165, 1.54) is 5.01 Å². The fraction of sp³-hybridized carbons (Fsp3) is 0.235. The van der Waals surface area contributed by atoms with E-state index in [2.05, 4.69) is 10.1 Å². The molecule has 1 unspecified atom stereocenters. The van der Waals surface area contributed by atoms with Crippen LogP contribution in [-0.4, -0.2) is 16.6 Å². The number of hydrogen-bond donors (Lipinski definition) is 0. The summed E-state index contributed by atoms with van der Waals surface area (Å²) in [4.78, 5) is 16.7. The smallest absolute Gasteiger partial charge is 0.256 e. The summed E-state index contributed by atoms with van der Waals surface area (Å²) < 4.78 is 0. The van der Waals surface area contributed by atoms with Crippen molar-refractivity contribution in [2.75, 3.05) is 5.01 Å². The fourth-order valence-electron chi connectivity index (χ4n) is 2.50. The third-order valence-corrected chi connectivity index (χ3v) is 3.69. The van der Waals surface area contributed by atoms with Gasteiger partial charge < -0.3 is 0 Å². The molecular formula is C17H17N3O. The first-order valence-corrected chi connectivity index (χ1v) is 7.10. The van der Waals surface area contributed by atoms with Crippen molar-refractivity contribution >= 4 is 17.3 Å². The summed E-state index contributed by atoms with van der Waals surface area (Å²) in [6.07, 6.45) is 4.21. The number of hydrogen-bond acceptors (Lipinski definition) is 3. The Hall–Kier alpha value is -2.49. The van der Waals surface area contributed by atoms with Crippen LogP contribution >= 0.6 is 0 Å². The number of anilines is 1. The van der Waals surface area contributed by atoms with Crippen molar-refractivity contribution < 1.29 is 4.79 Å². The first kappa shape index (κ1) is 13.5. The number of aromatic nitrogens is 1. The molecule has 0 N–H and O–H groups in total. The predicted molar refractivity (Wildman–Crippen MR) is 83.2 cm³/mol. The van der Waals surface area contributed by atoms with Crippen molar-refractivity contribution in [1.82, 2.24) is 4.98 Å². The minimum atomic E-state index is -0.199. The average Bonchev–Trinajstić information content (AvgIpc) is 2.86. The molecule has 1 aliphatic rings. The predicted octanol–water partition coefficient (Wildman–Crippen LogP) is 3.17. The van der Waals surface area contributed by atoms with Crippen molar-refractivity contribution in [2.45, 2.75) is 20.3 Å². The summed E-state index contributed by atoms with van der Waals surface area (Å²) >= 11 is 0. The van der Waals surface area contributed by atoms with Gasteiger partial charge in [-0.25, -0.2) is 0 Å². The minimum Gasteiger partial charge on any atom is -0.272 e. The maximum absolute atomic E-state index is 12.6. The average molecular weight is 279 g/mol. The highest BCUT2D eigenvalue weighted by molar-refractivity contribution is 6.21. The molecule has 1 atom stereocenters. The first-order chi connectivity index (χ1) is 10.2. The molecule has 0 radical (unpaired) electrons. The largest absolute Gasteiger partial charge is 0.272 e. The lowest BCUT2D eigenvalue weighted by atomic mass is 9.95. The number of nitrogens with zero attached hydrogens (tertiary/aromatic N) is 3. The van der Waals surface area contributed by atoms with Crippen LogP contribution in [0.1, 0.15) is 24.5 Å². The van der Waals surface area contributed by atoms with Crippen LogP contribution in [0.25, 0.3) is 0 Å². The van der Waals surface area contributed by atoms with E-state index in [1.807, 2.05) is 50.2 Å². The van der Waals surface area contributed by atoms with Gasteiger partial charge in [0.2, 0.25) is 0 Å². The molecule has 0 fully saturated rings. The van der Waals surface area contributed by atoms with Gasteiger partial charge in [-0.05, 0) is 37.6 Å². The third-order valence-electron chi connectivity index (χ3n) is 3.69. The van der Waals surface area contributed by atoms with Crippen molar-refractivity contribution in [2.24, 2.45) is 11.0 Å². The maximum atomic E-state index is 12.6. The summed E-state index contributed by atoms with van der Waals surface area (Å²) in [6, 6.07) is 11.6. The highest BCUT2D eigenvalue weighted by Gasteiger charge is 2.36. The van der Waals surface area contributed by atoms with Gasteiger partial charge in [0.1, 0.15) is 0 Å². The molecule has 1 aromatic heterocycles. The van der Waals surface area contributed by atoms with E-state index in [0.717, 1.165) is 28.9 Å². The lowest BCUT2D eigenvalue weighted by Crippen LogP contribution is -2.27. The summed E-state index contributed by atoms with van der Waals surface area (Å²) in [5.74, 6) is -0.171. The minimum absolute atomic E-state index is 0.0280. The lowest BCUT2D eigenvalue weighted by Gasteiger charge is -2.13. The topological polar surface area (TPSA) is 45.6 Å². The molecule has 0 spiro atoms. The molecule has 4 heteroatoms. The third kappa shape index (κ3) is 2.44. The molecular weight excluding hydrogens is 262 g/mol. The van der Waals surface area contributed by atoms with Gasteiger partial charge in [0, 0.05) is 18.0 Å². The second-order valence-electron chi connectivity index (χ2n) is 5.17. The van der Waals surface area contributed by atoms with E-state index in [-0.39, 0.29) is 11.8 Å². The molecule has 2 heterocycles. The SMILES string of the molecule is CCC1C(=O)N(c2ccc(C)cc2)N=C1c1cccnc1. The molecule has 0 bridgehead atoms. The molecule has 106 valence electrons. The van der Waals surface area contributed by atoms with E-state index in [0.29, 0.717) is 0 Å². The van der Waals surface area contributed by atoms with Crippen molar-refractivity contribution in [3.63, 3.8) is 0 Å². The molecule has 2 aromatic rings. The van der Waals surface area contributed by atoms with Crippen LogP contribution in [0.5, 0.6) is 0 Å². The highest BCUT2D eigenvalue weighted by atomic mass is 16.2. The fourth-order valence-corrected chi connectivity index (χ4v) is 2.50. The lowest BCUT2D eigenvalue weighted by molar-refractivity contribution is -0.119. The Bertz CT molecular complexity index is 677. The number of amides is 1. The van der Waals surface area contributed by atoms with Crippen molar-refractivity contribution in [3.8, 4) is 0 Å². The number of carbonyl (C=O) groups is 1. The molecule has 0 aliphatic carbocycles. The zero-order valence-corrected chi connectivity index (χ0v) is 12.2. The number of benzene rings is 1. The van der Waals surface area contributed by atoms with Gasteiger partial charge >= 0.3 is 0 Å². The Kier molecular flexibility index (Phi) is 3.52. The second kappa shape index (κ2) is 5.48. The summed E-state index contributed by atoms with van der Waals surface area (Å²) in [7, 11) is 0. The molecule has 0 saturated carbocycles. The van der Waals surface area contributed by atoms with Gasteiger partial charge in [-0.2, -0.15) is 10.1 Å². The van der Waals surface area contributed by atoms with E-state index in [9.17, 15) is 4.79 Å². The van der Waals surface area contributed by atoms with E-state index < -0.39 is 0 Å². The molecule has 1 aromatic carbocycles. The Labute approximate surface area is 124 Å². The standard InChI is InChI=1S/C17H17N3O/c1-3-15-16(13-5-4-10-18-11-13)19-20(17(15)21)14-8-6-12(2)7-9-14/h4-11,15H,3H2,1-2H3. The van der Waals surface area contributed by atoms with Crippen LogP contribution in [0.3, 0.4) is 0 Å². The Morgan fingerprint density at radius 2 is 1.95 bits per heavy atom. The second-order valence-corrected chi connectivity index (χ2v) is 5.17. The van der Waals surface area contributed by atoms with Gasteiger partial charge in [-0.15, -0.1) is 0 Å². The molecule has 1 amide bonds. The Balaban J connectivity index is 2.01. The van der Waals surface area contributed by atoms with Gasteiger partial charge in [0.05, 0.1) is 17.3 Å². The monoisotopic (exact) mass is 279 g/mol. The van der Waals surface area contributed by atoms with Gasteiger partial charge in [-0.3, -0.25) is 9.78 Å². The molecule has 0 saturated heterocycles. The number of pyridine rings is 1. The number of rotatable bonds is 3. The Morgan fingerprint density at radius 1 is 1.19 bits per heavy atom. The normalized spacial score (nSPS) is 18.0. The maximum Gasteiger partial charge on any atom is 0.256 e. The number of aryl methyl sites for hydroxylation is 1. The molecule has 1 aliphatic heterocycles. The van der Waals surface area contributed by atoms with E-state index in [1.54, 1.807) is 12.4 Å². The number of hydrazone groups is 1. The van der Waals surface area contributed by atoms with Crippen molar-refractivity contribution in [3.05, 3.63) is 59.9 Å². The van der Waals surface area contributed by atoms with Crippen LogP contribution in [0.15, 0.2) is 53.9 Å². The first-order valence-electron chi connectivity index (χ1n) is 7.10. The quantitative estimate of drug-likeness (QED) is 0.866.